The predicted molar refractivity (Wildman–Crippen MR) is 87.0 cm³/mol. The van der Waals surface area contributed by atoms with E-state index in [1.165, 1.54) is 25.3 Å². The van der Waals surface area contributed by atoms with Crippen molar-refractivity contribution in [3.8, 4) is 11.5 Å². The second kappa shape index (κ2) is 6.60. The van der Waals surface area contributed by atoms with E-state index in [-0.39, 0.29) is 36.4 Å². The zero-order valence-electron chi connectivity index (χ0n) is 13.3. The van der Waals surface area contributed by atoms with Gasteiger partial charge in [-0.25, -0.2) is 0 Å². The zero-order chi connectivity index (χ0) is 18.0. The topological polar surface area (TPSA) is 99.0 Å². The maximum absolute atomic E-state index is 12.3. The van der Waals surface area contributed by atoms with Crippen molar-refractivity contribution in [2.45, 2.75) is 0 Å². The number of hydrogen-bond donors (Lipinski definition) is 0. The molecule has 128 valence electrons. The van der Waals surface area contributed by atoms with Crippen molar-refractivity contribution >= 4 is 17.5 Å². The highest BCUT2D eigenvalue weighted by atomic mass is 16.6. The van der Waals surface area contributed by atoms with Gasteiger partial charge in [0.25, 0.3) is 17.5 Å². The molecule has 0 unspecified atom stereocenters. The minimum atomic E-state index is -0.545. The zero-order valence-corrected chi connectivity index (χ0v) is 13.3. The lowest BCUT2D eigenvalue weighted by molar-refractivity contribution is -0.385. The second-order valence-electron chi connectivity index (χ2n) is 5.25. The molecule has 3 rings (SSSR count). The van der Waals surface area contributed by atoms with Crippen LogP contribution in [0.2, 0.25) is 0 Å². The average Bonchev–Trinajstić information content (AvgIpc) is 2.86. The minimum absolute atomic E-state index is 0.0109. The Morgan fingerprint density at radius 3 is 2.24 bits per heavy atom. The summed E-state index contributed by atoms with van der Waals surface area (Å²) >= 11 is 0. The number of hydrogen-bond acceptors (Lipinski definition) is 6. The summed E-state index contributed by atoms with van der Waals surface area (Å²) in [7, 11) is 1.41. The molecule has 0 spiro atoms. The molecule has 0 saturated heterocycles. The smallest absolute Gasteiger partial charge is 0.273 e. The van der Waals surface area contributed by atoms with Gasteiger partial charge in [0, 0.05) is 6.07 Å². The summed E-state index contributed by atoms with van der Waals surface area (Å²) in [4.78, 5) is 35.9. The lowest BCUT2D eigenvalue weighted by Gasteiger charge is -2.15. The Morgan fingerprint density at radius 1 is 1.04 bits per heavy atom. The van der Waals surface area contributed by atoms with Crippen molar-refractivity contribution in [1.29, 1.82) is 0 Å². The van der Waals surface area contributed by atoms with Crippen molar-refractivity contribution in [1.82, 2.24) is 4.90 Å². The van der Waals surface area contributed by atoms with Crippen molar-refractivity contribution in [2.75, 3.05) is 20.3 Å². The van der Waals surface area contributed by atoms with E-state index < -0.39 is 4.92 Å². The molecule has 2 aromatic rings. The van der Waals surface area contributed by atoms with Crippen LogP contribution in [0.1, 0.15) is 20.7 Å². The SMILES string of the molecule is COc1ccc([N+](=O)[O-])cc1OCCN1C(=O)c2ccccc2C1=O. The molecule has 8 heteroatoms. The number of rotatable bonds is 6. The number of nitro benzene ring substituents is 1. The molecule has 0 radical (unpaired) electrons. The molecule has 1 heterocycles. The first-order valence-electron chi connectivity index (χ1n) is 7.43. The quantitative estimate of drug-likeness (QED) is 0.454. The lowest BCUT2D eigenvalue weighted by atomic mass is 10.1. The Hall–Kier alpha value is -3.42. The molecule has 25 heavy (non-hydrogen) atoms. The van der Waals surface area contributed by atoms with Gasteiger partial charge in [-0.3, -0.25) is 24.6 Å². The van der Waals surface area contributed by atoms with Crippen LogP contribution in [0, 0.1) is 10.1 Å². The van der Waals surface area contributed by atoms with Crippen LogP contribution in [0.3, 0.4) is 0 Å². The number of carbonyl (C=O) groups excluding carboxylic acids is 2. The summed E-state index contributed by atoms with van der Waals surface area (Å²) in [6.45, 7) is 0.0151. The molecule has 0 atom stereocenters. The summed E-state index contributed by atoms with van der Waals surface area (Å²) in [5.74, 6) is -0.258. The molecule has 0 N–H and O–H groups in total. The Kier molecular flexibility index (Phi) is 4.34. The monoisotopic (exact) mass is 342 g/mol. The number of amides is 2. The maximum atomic E-state index is 12.3. The summed E-state index contributed by atoms with van der Waals surface area (Å²) in [5.41, 5.74) is 0.581. The molecule has 1 aliphatic rings. The highest BCUT2D eigenvalue weighted by molar-refractivity contribution is 6.21. The van der Waals surface area contributed by atoms with E-state index in [0.717, 1.165) is 4.90 Å². The van der Waals surface area contributed by atoms with Gasteiger partial charge >= 0.3 is 0 Å². The molecule has 1 aliphatic heterocycles. The number of methoxy groups -OCH3 is 1. The first-order chi connectivity index (χ1) is 12.0. The van der Waals surface area contributed by atoms with Crippen molar-refractivity contribution in [2.24, 2.45) is 0 Å². The number of benzene rings is 2. The number of nitro groups is 1. The van der Waals surface area contributed by atoms with Crippen molar-refractivity contribution in [3.05, 3.63) is 63.7 Å². The third-order valence-electron chi connectivity index (χ3n) is 3.81. The lowest BCUT2D eigenvalue weighted by Crippen LogP contribution is -2.33. The Balaban J connectivity index is 1.70. The molecule has 0 bridgehead atoms. The number of fused-ring (bicyclic) bond motifs is 1. The van der Waals surface area contributed by atoms with Gasteiger partial charge in [0.05, 0.1) is 35.8 Å². The largest absolute Gasteiger partial charge is 0.493 e. The van der Waals surface area contributed by atoms with Gasteiger partial charge in [-0.2, -0.15) is 0 Å². The standard InChI is InChI=1S/C17H14N2O6/c1-24-14-7-6-11(19(22)23)10-15(14)25-9-8-18-16(20)12-4-2-3-5-13(12)17(18)21/h2-7,10H,8-9H2,1H3. The third-order valence-corrected chi connectivity index (χ3v) is 3.81. The number of nitrogens with zero attached hydrogens (tertiary/aromatic N) is 2. The summed E-state index contributed by atoms with van der Waals surface area (Å²) in [6, 6.07) is 10.5. The molecule has 0 fully saturated rings. The van der Waals surface area contributed by atoms with Crippen LogP contribution in [0.5, 0.6) is 11.5 Å². The molecule has 8 nitrogen and oxygen atoms in total. The highest BCUT2D eigenvalue weighted by Crippen LogP contribution is 2.31. The van der Waals surface area contributed by atoms with Crippen LogP contribution >= 0.6 is 0 Å². The van der Waals surface area contributed by atoms with Crippen LogP contribution in [0.15, 0.2) is 42.5 Å². The van der Waals surface area contributed by atoms with E-state index in [9.17, 15) is 19.7 Å². The molecule has 0 aromatic heterocycles. The molecule has 2 aromatic carbocycles. The molecule has 0 saturated carbocycles. The molecular formula is C17H14N2O6. The van der Waals surface area contributed by atoms with Gasteiger partial charge in [-0.15, -0.1) is 0 Å². The van der Waals surface area contributed by atoms with E-state index in [1.54, 1.807) is 24.3 Å². The van der Waals surface area contributed by atoms with Crippen molar-refractivity contribution in [3.63, 3.8) is 0 Å². The van der Waals surface area contributed by atoms with Gasteiger partial charge < -0.3 is 9.47 Å². The van der Waals surface area contributed by atoms with Crippen LogP contribution in [0.4, 0.5) is 5.69 Å². The van der Waals surface area contributed by atoms with Gasteiger partial charge in [0.1, 0.15) is 6.61 Å². The summed E-state index contributed by atoms with van der Waals surface area (Å²) in [6.07, 6.45) is 0. The van der Waals surface area contributed by atoms with E-state index in [4.69, 9.17) is 9.47 Å². The van der Waals surface area contributed by atoms with E-state index in [0.29, 0.717) is 16.9 Å². The van der Waals surface area contributed by atoms with E-state index in [2.05, 4.69) is 0 Å². The van der Waals surface area contributed by atoms with Crippen LogP contribution in [-0.2, 0) is 0 Å². The Bertz CT molecular complexity index is 829. The van der Waals surface area contributed by atoms with Gasteiger partial charge in [0.15, 0.2) is 11.5 Å². The highest BCUT2D eigenvalue weighted by Gasteiger charge is 2.34. The van der Waals surface area contributed by atoms with Crippen LogP contribution in [-0.4, -0.2) is 41.9 Å². The van der Waals surface area contributed by atoms with Crippen LogP contribution in [0.25, 0.3) is 0 Å². The van der Waals surface area contributed by atoms with Crippen LogP contribution < -0.4 is 9.47 Å². The van der Waals surface area contributed by atoms with Gasteiger partial charge in [-0.1, -0.05) is 12.1 Å². The molecule has 2 amide bonds. The summed E-state index contributed by atoms with van der Waals surface area (Å²) < 4.78 is 10.6. The first kappa shape index (κ1) is 16.4. The number of ether oxygens (including phenoxy) is 2. The predicted octanol–water partition coefficient (Wildman–Crippen LogP) is 2.28. The third kappa shape index (κ3) is 3.01. The number of imide groups is 1. The van der Waals surface area contributed by atoms with Gasteiger partial charge in [-0.05, 0) is 18.2 Å². The maximum Gasteiger partial charge on any atom is 0.273 e. The molecular weight excluding hydrogens is 328 g/mol. The fourth-order valence-electron chi connectivity index (χ4n) is 2.58. The Morgan fingerprint density at radius 2 is 1.68 bits per heavy atom. The molecule has 0 aliphatic carbocycles. The normalized spacial score (nSPS) is 12.9. The number of carbonyl (C=O) groups is 2. The average molecular weight is 342 g/mol. The fraction of sp³-hybridized carbons (Fsp3) is 0.176. The van der Waals surface area contributed by atoms with E-state index >= 15 is 0 Å². The number of non-ortho nitro benzene ring substituents is 1. The first-order valence-corrected chi connectivity index (χ1v) is 7.43. The van der Waals surface area contributed by atoms with Gasteiger partial charge in [0.2, 0.25) is 0 Å². The fourth-order valence-corrected chi connectivity index (χ4v) is 2.58. The minimum Gasteiger partial charge on any atom is -0.493 e. The second-order valence-corrected chi connectivity index (χ2v) is 5.25. The van der Waals surface area contributed by atoms with Crippen molar-refractivity contribution < 1.29 is 24.0 Å². The Labute approximate surface area is 142 Å². The van der Waals surface area contributed by atoms with E-state index in [1.807, 2.05) is 0 Å². The summed E-state index contributed by atoms with van der Waals surface area (Å²) in [5, 5.41) is 10.9.